The van der Waals surface area contributed by atoms with Gasteiger partial charge in [-0.05, 0) is 24.8 Å². The quantitative estimate of drug-likeness (QED) is 0.847. The normalized spacial score (nSPS) is 19.6. The van der Waals surface area contributed by atoms with Crippen LogP contribution >= 0.6 is 0 Å². The van der Waals surface area contributed by atoms with E-state index >= 15 is 0 Å². The molecule has 1 fully saturated rings. The number of benzene rings is 1. The highest BCUT2D eigenvalue weighted by Crippen LogP contribution is 2.29. The highest BCUT2D eigenvalue weighted by molar-refractivity contribution is 5.79. The zero-order chi connectivity index (χ0) is 14.3. The molecular formula is C16H23NO2. The second-order valence-electron chi connectivity index (χ2n) is 4.73. The zero-order valence-corrected chi connectivity index (χ0v) is 11.7. The van der Waals surface area contributed by atoms with Gasteiger partial charge in [-0.2, -0.15) is 0 Å². The molecule has 1 N–H and O–H groups in total. The van der Waals surface area contributed by atoms with E-state index in [0.717, 1.165) is 20.1 Å². The first-order valence-corrected chi connectivity index (χ1v) is 6.62. The van der Waals surface area contributed by atoms with Crippen LogP contribution in [0.3, 0.4) is 0 Å². The number of aliphatic hydroxyl groups is 1. The SMILES string of the molecule is C=CCC1CC(=O)N(C(C)c2ccccc2)C1.CO. The molecule has 3 heteroatoms. The molecule has 1 heterocycles. The Morgan fingerprint density at radius 2 is 2.05 bits per heavy atom. The first-order chi connectivity index (χ1) is 9.22. The van der Waals surface area contributed by atoms with Crippen LogP contribution in [-0.4, -0.2) is 29.6 Å². The first-order valence-electron chi connectivity index (χ1n) is 6.62. The molecule has 1 aromatic rings. The largest absolute Gasteiger partial charge is 0.400 e. The van der Waals surface area contributed by atoms with Crippen LogP contribution in [0, 0.1) is 5.92 Å². The molecule has 2 unspecified atom stereocenters. The number of hydrogen-bond donors (Lipinski definition) is 1. The molecule has 0 saturated carbocycles. The number of amides is 1. The summed E-state index contributed by atoms with van der Waals surface area (Å²) in [5, 5.41) is 7.00. The number of carbonyl (C=O) groups is 1. The van der Waals surface area contributed by atoms with E-state index in [-0.39, 0.29) is 11.9 Å². The lowest BCUT2D eigenvalue weighted by molar-refractivity contribution is -0.129. The fraction of sp³-hybridized carbons (Fsp3) is 0.438. The Morgan fingerprint density at radius 1 is 1.42 bits per heavy atom. The maximum Gasteiger partial charge on any atom is 0.223 e. The monoisotopic (exact) mass is 261 g/mol. The van der Waals surface area contributed by atoms with E-state index in [1.165, 1.54) is 5.56 Å². The number of nitrogens with zero attached hydrogens (tertiary/aromatic N) is 1. The standard InChI is InChI=1S/C15H19NO.CH4O/c1-3-7-13-10-15(17)16(11-13)12(2)14-8-5-4-6-9-14;1-2/h3-6,8-9,12-13H,1,7,10-11H2,2H3;2H,1H3. The summed E-state index contributed by atoms with van der Waals surface area (Å²) in [6.07, 6.45) is 3.52. The number of rotatable bonds is 4. The number of allylic oxidation sites excluding steroid dienone is 1. The van der Waals surface area contributed by atoms with E-state index in [1.54, 1.807) is 0 Å². The van der Waals surface area contributed by atoms with Crippen LogP contribution in [0.25, 0.3) is 0 Å². The molecule has 0 aromatic heterocycles. The molecule has 0 aliphatic carbocycles. The third-order valence-corrected chi connectivity index (χ3v) is 3.49. The van der Waals surface area contributed by atoms with Crippen molar-refractivity contribution in [2.24, 2.45) is 5.92 Å². The van der Waals surface area contributed by atoms with E-state index in [1.807, 2.05) is 29.2 Å². The molecule has 1 aliphatic heterocycles. The van der Waals surface area contributed by atoms with Gasteiger partial charge in [-0.15, -0.1) is 6.58 Å². The highest BCUT2D eigenvalue weighted by atomic mass is 16.2. The van der Waals surface area contributed by atoms with Crippen molar-refractivity contribution in [1.29, 1.82) is 0 Å². The van der Waals surface area contributed by atoms with Gasteiger partial charge >= 0.3 is 0 Å². The zero-order valence-electron chi connectivity index (χ0n) is 11.7. The van der Waals surface area contributed by atoms with Crippen molar-refractivity contribution < 1.29 is 9.90 Å². The smallest absolute Gasteiger partial charge is 0.223 e. The Labute approximate surface area is 115 Å². The summed E-state index contributed by atoms with van der Waals surface area (Å²) in [6.45, 7) is 6.71. The summed E-state index contributed by atoms with van der Waals surface area (Å²) >= 11 is 0. The topological polar surface area (TPSA) is 40.5 Å². The second-order valence-corrected chi connectivity index (χ2v) is 4.73. The van der Waals surface area contributed by atoms with Crippen LogP contribution in [0.5, 0.6) is 0 Å². The van der Waals surface area contributed by atoms with Gasteiger partial charge in [-0.1, -0.05) is 36.4 Å². The van der Waals surface area contributed by atoms with E-state index in [0.29, 0.717) is 12.3 Å². The molecule has 2 rings (SSSR count). The Kier molecular flexibility index (Phi) is 6.30. The molecule has 3 nitrogen and oxygen atoms in total. The van der Waals surface area contributed by atoms with E-state index < -0.39 is 0 Å². The minimum Gasteiger partial charge on any atom is -0.400 e. The summed E-state index contributed by atoms with van der Waals surface area (Å²) in [4.78, 5) is 14.0. The van der Waals surface area contributed by atoms with Crippen LogP contribution in [0.1, 0.15) is 31.4 Å². The molecule has 1 saturated heterocycles. The molecular weight excluding hydrogens is 238 g/mol. The maximum atomic E-state index is 12.0. The van der Waals surface area contributed by atoms with Crippen molar-refractivity contribution in [3.63, 3.8) is 0 Å². The lowest BCUT2D eigenvalue weighted by Crippen LogP contribution is -2.28. The predicted octanol–water partition coefficient (Wildman–Crippen LogP) is 2.78. The second kappa shape index (κ2) is 7.74. The molecule has 2 atom stereocenters. The Balaban J connectivity index is 0.000000861. The third kappa shape index (κ3) is 3.93. The van der Waals surface area contributed by atoms with Crippen molar-refractivity contribution >= 4 is 5.91 Å². The molecule has 0 bridgehead atoms. The van der Waals surface area contributed by atoms with Crippen molar-refractivity contribution in [2.45, 2.75) is 25.8 Å². The number of likely N-dealkylation sites (tertiary alicyclic amines) is 1. The average Bonchev–Trinajstić information content (AvgIpc) is 2.82. The Morgan fingerprint density at radius 3 is 2.63 bits per heavy atom. The van der Waals surface area contributed by atoms with Crippen LogP contribution in [0.2, 0.25) is 0 Å². The van der Waals surface area contributed by atoms with Gasteiger partial charge in [-0.25, -0.2) is 0 Å². The summed E-state index contributed by atoms with van der Waals surface area (Å²) in [5.74, 6) is 0.722. The lowest BCUT2D eigenvalue weighted by atomic mass is 10.0. The fourth-order valence-electron chi connectivity index (χ4n) is 2.49. The molecule has 19 heavy (non-hydrogen) atoms. The summed E-state index contributed by atoms with van der Waals surface area (Å²) in [5.41, 5.74) is 1.21. The molecule has 1 aliphatic rings. The van der Waals surface area contributed by atoms with Crippen LogP contribution in [-0.2, 0) is 4.79 Å². The minimum atomic E-state index is 0.179. The molecule has 0 radical (unpaired) electrons. The Bertz CT molecular complexity index is 402. The molecule has 0 spiro atoms. The van der Waals surface area contributed by atoms with E-state index in [4.69, 9.17) is 5.11 Å². The van der Waals surface area contributed by atoms with Crippen LogP contribution in [0.15, 0.2) is 43.0 Å². The van der Waals surface area contributed by atoms with E-state index in [9.17, 15) is 4.79 Å². The predicted molar refractivity (Wildman–Crippen MR) is 77.6 cm³/mol. The number of hydrogen-bond acceptors (Lipinski definition) is 2. The van der Waals surface area contributed by atoms with Gasteiger partial charge in [0.15, 0.2) is 0 Å². The summed E-state index contributed by atoms with van der Waals surface area (Å²) < 4.78 is 0. The van der Waals surface area contributed by atoms with Gasteiger partial charge in [0.25, 0.3) is 0 Å². The van der Waals surface area contributed by atoms with Crippen molar-refractivity contribution in [2.75, 3.05) is 13.7 Å². The average molecular weight is 261 g/mol. The maximum absolute atomic E-state index is 12.0. The van der Waals surface area contributed by atoms with Crippen molar-refractivity contribution in [3.8, 4) is 0 Å². The van der Waals surface area contributed by atoms with Gasteiger partial charge in [0.2, 0.25) is 5.91 Å². The van der Waals surface area contributed by atoms with Gasteiger partial charge < -0.3 is 10.0 Å². The van der Waals surface area contributed by atoms with Crippen LogP contribution < -0.4 is 0 Å². The summed E-state index contributed by atoms with van der Waals surface area (Å²) in [7, 11) is 1.00. The summed E-state index contributed by atoms with van der Waals surface area (Å²) in [6, 6.07) is 10.4. The molecule has 104 valence electrons. The van der Waals surface area contributed by atoms with Gasteiger partial charge in [0, 0.05) is 20.1 Å². The van der Waals surface area contributed by atoms with Gasteiger partial charge in [-0.3, -0.25) is 4.79 Å². The Hall–Kier alpha value is -1.61. The van der Waals surface area contributed by atoms with Crippen molar-refractivity contribution in [3.05, 3.63) is 48.6 Å². The first kappa shape index (κ1) is 15.4. The lowest BCUT2D eigenvalue weighted by Gasteiger charge is -2.25. The van der Waals surface area contributed by atoms with E-state index in [2.05, 4.69) is 25.6 Å². The van der Waals surface area contributed by atoms with Gasteiger partial charge in [0.1, 0.15) is 0 Å². The van der Waals surface area contributed by atoms with Crippen LogP contribution in [0.4, 0.5) is 0 Å². The minimum absolute atomic E-state index is 0.179. The molecule has 1 amide bonds. The number of carbonyl (C=O) groups excluding carboxylic acids is 1. The highest BCUT2D eigenvalue weighted by Gasteiger charge is 2.32. The molecule has 1 aromatic carbocycles. The van der Waals surface area contributed by atoms with Gasteiger partial charge in [0.05, 0.1) is 6.04 Å². The third-order valence-electron chi connectivity index (χ3n) is 3.49. The van der Waals surface area contributed by atoms with Crippen molar-refractivity contribution in [1.82, 2.24) is 4.90 Å². The fourth-order valence-corrected chi connectivity index (χ4v) is 2.49. The number of aliphatic hydroxyl groups excluding tert-OH is 1.